The highest BCUT2D eigenvalue weighted by Crippen LogP contribution is 2.05. The molecule has 0 saturated carbocycles. The standard InChI is InChI=1S/C10H19N5/c1-15-8-13-10(14-15)7-12-9-3-2-5-11-6-4-9/h8-9,11-12H,2-7H2,1H3. The molecule has 1 aliphatic heterocycles. The summed E-state index contributed by atoms with van der Waals surface area (Å²) in [6.07, 6.45) is 5.45. The van der Waals surface area contributed by atoms with Crippen molar-refractivity contribution in [3.05, 3.63) is 12.2 Å². The van der Waals surface area contributed by atoms with Crippen LogP contribution in [-0.2, 0) is 13.6 Å². The number of hydrogen-bond donors (Lipinski definition) is 2. The molecule has 2 heterocycles. The minimum absolute atomic E-state index is 0.615. The van der Waals surface area contributed by atoms with Gasteiger partial charge in [0.25, 0.3) is 0 Å². The van der Waals surface area contributed by atoms with Crippen molar-refractivity contribution in [2.45, 2.75) is 31.8 Å². The summed E-state index contributed by atoms with van der Waals surface area (Å²) in [5, 5.41) is 11.2. The molecule has 2 rings (SSSR count). The van der Waals surface area contributed by atoms with Crippen LogP contribution in [0.25, 0.3) is 0 Å². The Labute approximate surface area is 90.3 Å². The molecule has 0 radical (unpaired) electrons. The molecule has 0 aromatic carbocycles. The first-order valence-corrected chi connectivity index (χ1v) is 5.63. The van der Waals surface area contributed by atoms with Crippen LogP contribution in [0.4, 0.5) is 0 Å². The molecular weight excluding hydrogens is 190 g/mol. The number of aromatic nitrogens is 3. The van der Waals surface area contributed by atoms with Crippen LogP contribution >= 0.6 is 0 Å². The van der Waals surface area contributed by atoms with Crippen molar-refractivity contribution < 1.29 is 0 Å². The maximum Gasteiger partial charge on any atom is 0.164 e. The Morgan fingerprint density at radius 3 is 3.27 bits per heavy atom. The molecule has 5 nitrogen and oxygen atoms in total. The Morgan fingerprint density at radius 2 is 2.47 bits per heavy atom. The van der Waals surface area contributed by atoms with Gasteiger partial charge in [0, 0.05) is 13.1 Å². The van der Waals surface area contributed by atoms with Gasteiger partial charge in [0.1, 0.15) is 6.33 Å². The fraction of sp³-hybridized carbons (Fsp3) is 0.800. The summed E-state index contributed by atoms with van der Waals surface area (Å²) in [5.41, 5.74) is 0. The first-order valence-electron chi connectivity index (χ1n) is 5.63. The minimum atomic E-state index is 0.615. The zero-order valence-corrected chi connectivity index (χ0v) is 9.24. The zero-order chi connectivity index (χ0) is 10.5. The van der Waals surface area contributed by atoms with Crippen LogP contribution in [0.1, 0.15) is 25.1 Å². The Morgan fingerprint density at radius 1 is 1.53 bits per heavy atom. The smallest absolute Gasteiger partial charge is 0.164 e. The third-order valence-electron chi connectivity index (χ3n) is 2.77. The van der Waals surface area contributed by atoms with E-state index in [1.54, 1.807) is 11.0 Å². The highest BCUT2D eigenvalue weighted by molar-refractivity contribution is 4.82. The number of nitrogens with zero attached hydrogens (tertiary/aromatic N) is 3. The number of aryl methyl sites for hydroxylation is 1. The van der Waals surface area contributed by atoms with Crippen molar-refractivity contribution in [3.63, 3.8) is 0 Å². The van der Waals surface area contributed by atoms with Crippen LogP contribution in [0.2, 0.25) is 0 Å². The van der Waals surface area contributed by atoms with E-state index in [2.05, 4.69) is 20.7 Å². The van der Waals surface area contributed by atoms with Gasteiger partial charge in [-0.1, -0.05) is 0 Å². The third-order valence-corrected chi connectivity index (χ3v) is 2.77. The summed E-state index contributed by atoms with van der Waals surface area (Å²) in [5.74, 6) is 0.884. The molecule has 84 valence electrons. The van der Waals surface area contributed by atoms with E-state index in [1.807, 2.05) is 7.05 Å². The summed E-state index contributed by atoms with van der Waals surface area (Å²) in [7, 11) is 1.89. The van der Waals surface area contributed by atoms with Gasteiger partial charge in [0.15, 0.2) is 5.82 Å². The van der Waals surface area contributed by atoms with Crippen molar-refractivity contribution in [1.82, 2.24) is 25.4 Å². The highest BCUT2D eigenvalue weighted by Gasteiger charge is 2.11. The highest BCUT2D eigenvalue weighted by atomic mass is 15.3. The monoisotopic (exact) mass is 209 g/mol. The summed E-state index contributed by atoms with van der Waals surface area (Å²) in [4.78, 5) is 4.20. The van der Waals surface area contributed by atoms with Gasteiger partial charge in [-0.3, -0.25) is 4.68 Å². The van der Waals surface area contributed by atoms with E-state index in [0.29, 0.717) is 6.04 Å². The van der Waals surface area contributed by atoms with Gasteiger partial charge in [-0.15, -0.1) is 0 Å². The summed E-state index contributed by atoms with van der Waals surface area (Å²) >= 11 is 0. The van der Waals surface area contributed by atoms with E-state index in [1.165, 1.54) is 19.3 Å². The second-order valence-electron chi connectivity index (χ2n) is 4.09. The first-order chi connectivity index (χ1) is 7.34. The average Bonchev–Trinajstić information content (AvgIpc) is 2.52. The van der Waals surface area contributed by atoms with E-state index in [-0.39, 0.29) is 0 Å². The van der Waals surface area contributed by atoms with Crippen molar-refractivity contribution in [2.75, 3.05) is 13.1 Å². The Kier molecular flexibility index (Phi) is 3.69. The molecule has 5 heteroatoms. The molecule has 1 aromatic rings. The van der Waals surface area contributed by atoms with Gasteiger partial charge in [-0.05, 0) is 32.4 Å². The van der Waals surface area contributed by atoms with Crippen LogP contribution in [0.15, 0.2) is 6.33 Å². The van der Waals surface area contributed by atoms with Gasteiger partial charge >= 0.3 is 0 Å². The molecular formula is C10H19N5. The van der Waals surface area contributed by atoms with E-state index >= 15 is 0 Å². The van der Waals surface area contributed by atoms with Crippen LogP contribution in [0.3, 0.4) is 0 Å². The molecule has 1 aromatic heterocycles. The summed E-state index contributed by atoms with van der Waals surface area (Å²) in [6, 6.07) is 0.615. The molecule has 0 aliphatic carbocycles. The third kappa shape index (κ3) is 3.28. The lowest BCUT2D eigenvalue weighted by Crippen LogP contribution is -2.29. The lowest BCUT2D eigenvalue weighted by molar-refractivity contribution is 0.461. The predicted octanol–water partition coefficient (Wildman–Crippen LogP) is 0.0468. The van der Waals surface area contributed by atoms with E-state index < -0.39 is 0 Å². The van der Waals surface area contributed by atoms with E-state index in [0.717, 1.165) is 25.5 Å². The van der Waals surface area contributed by atoms with Crippen LogP contribution in [0, 0.1) is 0 Å². The fourth-order valence-electron chi connectivity index (χ4n) is 1.92. The second-order valence-corrected chi connectivity index (χ2v) is 4.09. The molecule has 1 unspecified atom stereocenters. The summed E-state index contributed by atoms with van der Waals surface area (Å²) in [6.45, 7) is 3.05. The first kappa shape index (κ1) is 10.6. The topological polar surface area (TPSA) is 54.8 Å². The Balaban J connectivity index is 1.76. The van der Waals surface area contributed by atoms with Crippen molar-refractivity contribution in [1.29, 1.82) is 0 Å². The van der Waals surface area contributed by atoms with Crippen molar-refractivity contribution in [2.24, 2.45) is 7.05 Å². The molecule has 0 amide bonds. The van der Waals surface area contributed by atoms with Crippen LogP contribution in [-0.4, -0.2) is 33.9 Å². The van der Waals surface area contributed by atoms with E-state index in [4.69, 9.17) is 0 Å². The van der Waals surface area contributed by atoms with Crippen molar-refractivity contribution in [3.8, 4) is 0 Å². The molecule has 1 saturated heterocycles. The van der Waals surface area contributed by atoms with Gasteiger partial charge < -0.3 is 10.6 Å². The normalized spacial score (nSPS) is 22.6. The Bertz CT molecular complexity index is 288. The largest absolute Gasteiger partial charge is 0.317 e. The molecule has 15 heavy (non-hydrogen) atoms. The minimum Gasteiger partial charge on any atom is -0.317 e. The van der Waals surface area contributed by atoms with Crippen LogP contribution < -0.4 is 10.6 Å². The maximum absolute atomic E-state index is 4.25. The maximum atomic E-state index is 4.25. The van der Waals surface area contributed by atoms with Gasteiger partial charge in [0.05, 0.1) is 6.54 Å². The van der Waals surface area contributed by atoms with E-state index in [9.17, 15) is 0 Å². The van der Waals surface area contributed by atoms with Gasteiger partial charge in [0.2, 0.25) is 0 Å². The Hall–Kier alpha value is -0.940. The number of hydrogen-bond acceptors (Lipinski definition) is 4. The van der Waals surface area contributed by atoms with Crippen LogP contribution in [0.5, 0.6) is 0 Å². The SMILES string of the molecule is Cn1cnc(CNC2CCCNCC2)n1. The fourth-order valence-corrected chi connectivity index (χ4v) is 1.92. The molecule has 1 aliphatic rings. The molecule has 1 fully saturated rings. The molecule has 0 spiro atoms. The average molecular weight is 209 g/mol. The van der Waals surface area contributed by atoms with Crippen molar-refractivity contribution >= 4 is 0 Å². The summed E-state index contributed by atoms with van der Waals surface area (Å²) < 4.78 is 1.74. The lowest BCUT2D eigenvalue weighted by Gasteiger charge is -2.14. The lowest BCUT2D eigenvalue weighted by atomic mass is 10.1. The number of rotatable bonds is 3. The zero-order valence-electron chi connectivity index (χ0n) is 9.24. The molecule has 0 bridgehead atoms. The molecule has 1 atom stereocenters. The number of nitrogens with one attached hydrogen (secondary N) is 2. The quantitative estimate of drug-likeness (QED) is 0.738. The van der Waals surface area contributed by atoms with Gasteiger partial charge in [-0.25, -0.2) is 4.98 Å². The van der Waals surface area contributed by atoms with Gasteiger partial charge in [-0.2, -0.15) is 5.10 Å². The second kappa shape index (κ2) is 5.23. The predicted molar refractivity (Wildman–Crippen MR) is 58.4 cm³/mol. The molecule has 2 N–H and O–H groups in total.